The van der Waals surface area contributed by atoms with Gasteiger partial charge in [0.2, 0.25) is 0 Å². The Morgan fingerprint density at radius 3 is 3.21 bits per heavy atom. The lowest BCUT2D eigenvalue weighted by atomic mass is 10.2. The Morgan fingerprint density at radius 2 is 2.42 bits per heavy atom. The molecule has 1 unspecified atom stereocenters. The monoisotopic (exact) mass is 278 g/mol. The Bertz CT molecular complexity index is 615. The lowest BCUT2D eigenvalue weighted by molar-refractivity contribution is 0.118. The highest BCUT2D eigenvalue weighted by atomic mass is 35.5. The topological polar surface area (TPSA) is 57.6 Å². The van der Waals surface area contributed by atoms with E-state index < -0.39 is 0 Å². The minimum Gasteiger partial charge on any atom is -0.494 e. The van der Waals surface area contributed by atoms with E-state index in [9.17, 15) is 5.11 Å². The molecule has 2 heterocycles. The number of ether oxygens (including phenoxy) is 1. The van der Waals surface area contributed by atoms with E-state index in [4.69, 9.17) is 16.3 Å². The van der Waals surface area contributed by atoms with Crippen molar-refractivity contribution in [1.82, 2.24) is 4.98 Å². The maximum atomic E-state index is 9.90. The van der Waals surface area contributed by atoms with Crippen LogP contribution in [0.25, 0.3) is 10.9 Å². The summed E-state index contributed by atoms with van der Waals surface area (Å²) in [5.74, 6) is 0.119. The molecule has 2 aromatic rings. The second-order valence-corrected chi connectivity index (χ2v) is 5.14. The Morgan fingerprint density at radius 1 is 1.53 bits per heavy atom. The Hall–Kier alpha value is -1.52. The van der Waals surface area contributed by atoms with Crippen LogP contribution < -0.4 is 0 Å². The van der Waals surface area contributed by atoms with Crippen molar-refractivity contribution < 1.29 is 9.84 Å². The first kappa shape index (κ1) is 12.5. The summed E-state index contributed by atoms with van der Waals surface area (Å²) in [6, 6.07) is 5.46. The Kier molecular flexibility index (Phi) is 3.44. The van der Waals surface area contributed by atoms with Crippen molar-refractivity contribution in [2.24, 2.45) is 4.99 Å². The van der Waals surface area contributed by atoms with Gasteiger partial charge in [-0.25, -0.2) is 0 Å². The highest BCUT2D eigenvalue weighted by molar-refractivity contribution is 6.31. The number of aliphatic imine (C=N–C) groups is 1. The zero-order valence-electron chi connectivity index (χ0n) is 10.4. The molecular weight excluding hydrogens is 264 g/mol. The predicted molar refractivity (Wildman–Crippen MR) is 76.4 cm³/mol. The fourth-order valence-corrected chi connectivity index (χ4v) is 2.53. The van der Waals surface area contributed by atoms with E-state index >= 15 is 0 Å². The molecule has 3 rings (SSSR count). The number of rotatable bonds is 3. The van der Waals surface area contributed by atoms with Crippen LogP contribution in [0.1, 0.15) is 18.4 Å². The van der Waals surface area contributed by atoms with E-state index in [0.717, 1.165) is 30.4 Å². The van der Waals surface area contributed by atoms with Crippen molar-refractivity contribution in [2.45, 2.75) is 18.9 Å². The van der Waals surface area contributed by atoms with Crippen LogP contribution in [0.3, 0.4) is 0 Å². The SMILES string of the molecule is Oc1[nH]c2cc(Cl)ccc2c1C=NCC1CCCO1. The van der Waals surface area contributed by atoms with Gasteiger partial charge in [-0.3, -0.25) is 4.99 Å². The molecule has 0 amide bonds. The number of aromatic nitrogens is 1. The van der Waals surface area contributed by atoms with Crippen molar-refractivity contribution in [1.29, 1.82) is 0 Å². The quantitative estimate of drug-likeness (QED) is 0.848. The van der Waals surface area contributed by atoms with E-state index in [1.165, 1.54) is 0 Å². The smallest absolute Gasteiger partial charge is 0.198 e. The second kappa shape index (κ2) is 5.23. The van der Waals surface area contributed by atoms with E-state index in [1.807, 2.05) is 6.07 Å². The van der Waals surface area contributed by atoms with Gasteiger partial charge < -0.3 is 14.8 Å². The molecule has 100 valence electrons. The highest BCUT2D eigenvalue weighted by Gasteiger charge is 2.14. The largest absolute Gasteiger partial charge is 0.494 e. The molecule has 0 spiro atoms. The van der Waals surface area contributed by atoms with Crippen LogP contribution in [-0.4, -0.2) is 35.6 Å². The summed E-state index contributed by atoms with van der Waals surface area (Å²) in [5, 5.41) is 11.4. The standard InChI is InChI=1S/C14H15ClN2O2/c15-9-3-4-11-12(14(18)17-13(11)6-9)8-16-7-10-2-1-5-19-10/h3-4,6,8,10,17-18H,1-2,5,7H2. The number of H-pyrrole nitrogens is 1. The van der Waals surface area contributed by atoms with Gasteiger partial charge in [0, 0.05) is 23.2 Å². The summed E-state index contributed by atoms with van der Waals surface area (Å²) in [6.07, 6.45) is 4.09. The molecule has 19 heavy (non-hydrogen) atoms. The molecule has 0 radical (unpaired) electrons. The maximum Gasteiger partial charge on any atom is 0.198 e. The third kappa shape index (κ3) is 2.60. The summed E-state index contributed by atoms with van der Waals surface area (Å²) in [7, 11) is 0. The van der Waals surface area contributed by atoms with Gasteiger partial charge in [0.05, 0.1) is 23.7 Å². The fourth-order valence-electron chi connectivity index (χ4n) is 2.36. The number of nitrogens with one attached hydrogen (secondary N) is 1. The van der Waals surface area contributed by atoms with Crippen LogP contribution in [0.4, 0.5) is 0 Å². The van der Waals surface area contributed by atoms with Crippen molar-refractivity contribution in [3.8, 4) is 5.88 Å². The molecule has 1 aliphatic heterocycles. The first-order valence-electron chi connectivity index (χ1n) is 6.35. The molecule has 1 aliphatic rings. The number of fused-ring (bicyclic) bond motifs is 1. The zero-order chi connectivity index (χ0) is 13.2. The molecule has 1 fully saturated rings. The van der Waals surface area contributed by atoms with Crippen molar-refractivity contribution in [3.63, 3.8) is 0 Å². The molecule has 1 aromatic heterocycles. The summed E-state index contributed by atoms with van der Waals surface area (Å²) < 4.78 is 5.50. The van der Waals surface area contributed by atoms with Crippen LogP contribution in [0.5, 0.6) is 5.88 Å². The Labute approximate surface area is 116 Å². The van der Waals surface area contributed by atoms with Gasteiger partial charge in [-0.1, -0.05) is 17.7 Å². The molecule has 1 saturated heterocycles. The molecule has 5 heteroatoms. The van der Waals surface area contributed by atoms with Gasteiger partial charge in [0.15, 0.2) is 5.88 Å². The van der Waals surface area contributed by atoms with E-state index in [0.29, 0.717) is 17.1 Å². The van der Waals surface area contributed by atoms with Crippen molar-refractivity contribution >= 4 is 28.7 Å². The van der Waals surface area contributed by atoms with Gasteiger partial charge in [-0.15, -0.1) is 0 Å². The number of aromatic hydroxyl groups is 1. The van der Waals surface area contributed by atoms with E-state index in [2.05, 4.69) is 9.98 Å². The first-order chi connectivity index (χ1) is 9.24. The number of halogens is 1. The minimum atomic E-state index is 0.119. The van der Waals surface area contributed by atoms with Crippen LogP contribution in [0.15, 0.2) is 23.2 Å². The zero-order valence-corrected chi connectivity index (χ0v) is 11.2. The van der Waals surface area contributed by atoms with Crippen molar-refractivity contribution in [3.05, 3.63) is 28.8 Å². The highest BCUT2D eigenvalue weighted by Crippen LogP contribution is 2.27. The summed E-state index contributed by atoms with van der Waals surface area (Å²) in [5.41, 5.74) is 1.51. The van der Waals surface area contributed by atoms with E-state index in [1.54, 1.807) is 18.3 Å². The van der Waals surface area contributed by atoms with E-state index in [-0.39, 0.29) is 12.0 Å². The fraction of sp³-hybridized carbons (Fsp3) is 0.357. The Balaban J connectivity index is 1.83. The average Bonchev–Trinajstić information content (AvgIpc) is 2.98. The molecule has 2 N–H and O–H groups in total. The van der Waals surface area contributed by atoms with Crippen LogP contribution >= 0.6 is 11.6 Å². The third-order valence-corrected chi connectivity index (χ3v) is 3.57. The lowest BCUT2D eigenvalue weighted by Crippen LogP contribution is -2.08. The van der Waals surface area contributed by atoms with Gasteiger partial charge >= 0.3 is 0 Å². The second-order valence-electron chi connectivity index (χ2n) is 4.71. The van der Waals surface area contributed by atoms with Crippen LogP contribution in [-0.2, 0) is 4.74 Å². The third-order valence-electron chi connectivity index (χ3n) is 3.33. The van der Waals surface area contributed by atoms with Gasteiger partial charge in [-0.05, 0) is 25.0 Å². The maximum absolute atomic E-state index is 9.90. The first-order valence-corrected chi connectivity index (χ1v) is 6.73. The van der Waals surface area contributed by atoms with Crippen LogP contribution in [0.2, 0.25) is 5.02 Å². The van der Waals surface area contributed by atoms with Gasteiger partial charge in [0.1, 0.15) is 0 Å². The number of hydrogen-bond acceptors (Lipinski definition) is 3. The number of hydrogen-bond donors (Lipinski definition) is 2. The molecule has 0 bridgehead atoms. The lowest BCUT2D eigenvalue weighted by Gasteiger charge is -2.03. The molecule has 0 aliphatic carbocycles. The minimum absolute atomic E-state index is 0.119. The summed E-state index contributed by atoms with van der Waals surface area (Å²) in [4.78, 5) is 7.26. The molecule has 4 nitrogen and oxygen atoms in total. The molecule has 1 aromatic carbocycles. The number of aromatic amines is 1. The normalized spacial score (nSPS) is 19.7. The molecule has 0 saturated carbocycles. The molecular formula is C14H15ClN2O2. The average molecular weight is 279 g/mol. The van der Waals surface area contributed by atoms with Gasteiger partial charge in [0.25, 0.3) is 0 Å². The number of nitrogens with zero attached hydrogens (tertiary/aromatic N) is 1. The van der Waals surface area contributed by atoms with Crippen molar-refractivity contribution in [2.75, 3.05) is 13.2 Å². The molecule has 1 atom stereocenters. The van der Waals surface area contributed by atoms with Gasteiger partial charge in [-0.2, -0.15) is 0 Å². The summed E-state index contributed by atoms with van der Waals surface area (Å²) in [6.45, 7) is 1.47. The van der Waals surface area contributed by atoms with Crippen LogP contribution in [0, 0.1) is 0 Å². The number of benzene rings is 1. The summed E-state index contributed by atoms with van der Waals surface area (Å²) >= 11 is 5.92. The predicted octanol–water partition coefficient (Wildman–Crippen LogP) is 3.12.